The number of alkyl halides is 3. The van der Waals surface area contributed by atoms with Crippen LogP contribution in [0.2, 0.25) is 0 Å². The van der Waals surface area contributed by atoms with Crippen molar-refractivity contribution in [3.05, 3.63) is 98.6 Å². The monoisotopic (exact) mass is 626 g/mol. The lowest BCUT2D eigenvalue weighted by molar-refractivity contribution is -0.137. The lowest BCUT2D eigenvalue weighted by atomic mass is 9.79. The third-order valence-corrected chi connectivity index (χ3v) is 7.30. The zero-order valence-electron chi connectivity index (χ0n) is 19.9. The lowest BCUT2D eigenvalue weighted by Crippen LogP contribution is -2.57. The number of amides is 2. The normalized spacial score (nSPS) is 19.6. The van der Waals surface area contributed by atoms with Gasteiger partial charge in [-0.3, -0.25) is 4.98 Å². The van der Waals surface area contributed by atoms with Crippen molar-refractivity contribution in [2.24, 2.45) is 5.73 Å². The number of pyridine rings is 1. The first-order chi connectivity index (χ1) is 17.6. The van der Waals surface area contributed by atoms with E-state index < -0.39 is 29.1 Å². The molecule has 1 aliphatic rings. The molecule has 0 saturated heterocycles. The Morgan fingerprint density at radius 2 is 1.73 bits per heavy atom. The van der Waals surface area contributed by atoms with E-state index in [2.05, 4.69) is 38.2 Å². The standard InChI is InChI=1S/C27H27F4IN4O/c28-20-13-18(12-19(14-20)27(29,30)31)26(15-17-6-2-1-3-7-17,24-11-10-21(32)16-34-24)36-25(37)35-23-9-5-4-8-22(23)33/h1-3,6-7,10-14,16,22-23H,4-5,8-9,15,33H2,(H2,35,36,37)/t22-,23+,26-/m0/s1. The smallest absolute Gasteiger partial charge is 0.334 e. The van der Waals surface area contributed by atoms with Crippen LogP contribution in [0.1, 0.15) is 48.1 Å². The highest BCUT2D eigenvalue weighted by Crippen LogP contribution is 2.37. The number of urea groups is 1. The van der Waals surface area contributed by atoms with Gasteiger partial charge >= 0.3 is 12.2 Å². The van der Waals surface area contributed by atoms with E-state index in [-0.39, 0.29) is 29.8 Å². The molecule has 4 rings (SSSR count). The van der Waals surface area contributed by atoms with Crippen molar-refractivity contribution in [2.75, 3.05) is 0 Å². The number of carbonyl (C=O) groups is 1. The minimum Gasteiger partial charge on any atom is -0.334 e. The van der Waals surface area contributed by atoms with Gasteiger partial charge in [0.15, 0.2) is 0 Å². The number of halogens is 5. The molecular weight excluding hydrogens is 599 g/mol. The zero-order chi connectivity index (χ0) is 26.6. The largest absolute Gasteiger partial charge is 0.416 e. The molecule has 0 aliphatic heterocycles. The molecule has 0 unspecified atom stereocenters. The van der Waals surface area contributed by atoms with Gasteiger partial charge in [-0.25, -0.2) is 9.18 Å². The Balaban J connectivity index is 1.86. The molecule has 2 aromatic carbocycles. The summed E-state index contributed by atoms with van der Waals surface area (Å²) in [6.07, 6.45) is 0.132. The van der Waals surface area contributed by atoms with Gasteiger partial charge < -0.3 is 16.4 Å². The molecule has 3 atom stereocenters. The molecule has 1 aliphatic carbocycles. The van der Waals surface area contributed by atoms with Crippen molar-refractivity contribution in [3.63, 3.8) is 0 Å². The molecule has 2 amide bonds. The number of nitrogens with one attached hydrogen (secondary N) is 2. The Kier molecular flexibility index (Phi) is 8.37. The third kappa shape index (κ3) is 6.59. The van der Waals surface area contributed by atoms with Crippen molar-refractivity contribution in [2.45, 2.75) is 55.9 Å². The SMILES string of the molecule is N[C@H]1CCCC[C@H]1NC(=O)N[C@@](Cc1ccccc1)(c1cc(F)cc(C(F)(F)F)c1)c1ccc(I)cn1. The number of benzene rings is 2. The van der Waals surface area contributed by atoms with Crippen LogP contribution in [-0.2, 0) is 18.1 Å². The predicted molar refractivity (Wildman–Crippen MR) is 141 cm³/mol. The van der Waals surface area contributed by atoms with E-state index >= 15 is 0 Å². The number of carbonyl (C=O) groups excluding carboxylic acids is 1. The summed E-state index contributed by atoms with van der Waals surface area (Å²) in [7, 11) is 0. The molecule has 0 spiro atoms. The second kappa shape index (κ2) is 11.3. The summed E-state index contributed by atoms with van der Waals surface area (Å²) in [5.41, 5.74) is 4.37. The molecule has 3 aromatic rings. The molecule has 1 aromatic heterocycles. The highest BCUT2D eigenvalue weighted by molar-refractivity contribution is 14.1. The number of rotatable bonds is 6. The molecular formula is C27H27F4IN4O. The lowest BCUT2D eigenvalue weighted by Gasteiger charge is -2.37. The molecule has 4 N–H and O–H groups in total. The van der Waals surface area contributed by atoms with Gasteiger partial charge in [0.25, 0.3) is 0 Å². The summed E-state index contributed by atoms with van der Waals surface area (Å²) in [5, 5.41) is 5.80. The van der Waals surface area contributed by atoms with E-state index in [1.54, 1.807) is 42.6 Å². The summed E-state index contributed by atoms with van der Waals surface area (Å²) in [6.45, 7) is 0. The van der Waals surface area contributed by atoms with Gasteiger partial charge in [-0.2, -0.15) is 13.2 Å². The topological polar surface area (TPSA) is 80.0 Å². The minimum atomic E-state index is -4.79. The van der Waals surface area contributed by atoms with Crippen LogP contribution in [0.25, 0.3) is 0 Å². The molecule has 196 valence electrons. The van der Waals surface area contributed by atoms with Crippen molar-refractivity contribution in [1.82, 2.24) is 15.6 Å². The predicted octanol–water partition coefficient (Wildman–Crippen LogP) is 5.90. The maximum absolute atomic E-state index is 14.7. The third-order valence-electron chi connectivity index (χ3n) is 6.66. The summed E-state index contributed by atoms with van der Waals surface area (Å²) in [5.74, 6) is -1.07. The molecule has 10 heteroatoms. The fraction of sp³-hybridized carbons (Fsp3) is 0.333. The molecule has 0 bridgehead atoms. The van der Waals surface area contributed by atoms with E-state index in [1.165, 1.54) is 0 Å². The van der Waals surface area contributed by atoms with Gasteiger partial charge in [-0.15, -0.1) is 0 Å². The van der Waals surface area contributed by atoms with Gasteiger partial charge in [0, 0.05) is 28.3 Å². The summed E-state index contributed by atoms with van der Waals surface area (Å²) < 4.78 is 56.7. The van der Waals surface area contributed by atoms with Gasteiger partial charge in [-0.05, 0) is 76.9 Å². The highest BCUT2D eigenvalue weighted by atomic mass is 127. The quantitative estimate of drug-likeness (QED) is 0.236. The highest BCUT2D eigenvalue weighted by Gasteiger charge is 2.41. The van der Waals surface area contributed by atoms with Gasteiger partial charge in [0.05, 0.1) is 11.3 Å². The Hall–Kier alpha value is -2.73. The Morgan fingerprint density at radius 1 is 1.03 bits per heavy atom. The van der Waals surface area contributed by atoms with E-state index in [1.807, 2.05) is 6.07 Å². The molecule has 37 heavy (non-hydrogen) atoms. The molecule has 1 saturated carbocycles. The summed E-state index contributed by atoms with van der Waals surface area (Å²) in [6, 6.07) is 13.5. The van der Waals surface area contributed by atoms with Crippen LogP contribution >= 0.6 is 22.6 Å². The maximum Gasteiger partial charge on any atom is 0.416 e. The van der Waals surface area contributed by atoms with E-state index in [0.717, 1.165) is 40.5 Å². The van der Waals surface area contributed by atoms with E-state index in [0.29, 0.717) is 12.5 Å². The first kappa shape index (κ1) is 27.3. The maximum atomic E-state index is 14.7. The number of aromatic nitrogens is 1. The van der Waals surface area contributed by atoms with Crippen LogP contribution in [0, 0.1) is 9.39 Å². The van der Waals surface area contributed by atoms with Crippen molar-refractivity contribution in [1.29, 1.82) is 0 Å². The van der Waals surface area contributed by atoms with Crippen LogP contribution in [0.4, 0.5) is 22.4 Å². The average Bonchev–Trinajstić information content (AvgIpc) is 2.85. The second-order valence-corrected chi connectivity index (χ2v) is 10.6. The average molecular weight is 626 g/mol. The number of hydrogen-bond acceptors (Lipinski definition) is 3. The van der Waals surface area contributed by atoms with Crippen molar-refractivity contribution >= 4 is 28.6 Å². The van der Waals surface area contributed by atoms with E-state index in [4.69, 9.17) is 5.73 Å². The van der Waals surface area contributed by atoms with E-state index in [9.17, 15) is 22.4 Å². The van der Waals surface area contributed by atoms with Crippen molar-refractivity contribution in [3.8, 4) is 0 Å². The first-order valence-corrected chi connectivity index (χ1v) is 13.0. The van der Waals surface area contributed by atoms with Crippen LogP contribution in [0.5, 0.6) is 0 Å². The van der Waals surface area contributed by atoms with Gasteiger partial charge in [-0.1, -0.05) is 43.2 Å². The molecule has 5 nitrogen and oxygen atoms in total. The van der Waals surface area contributed by atoms with Crippen LogP contribution in [0.3, 0.4) is 0 Å². The summed E-state index contributed by atoms with van der Waals surface area (Å²) in [4.78, 5) is 17.9. The molecule has 0 radical (unpaired) electrons. The van der Waals surface area contributed by atoms with Gasteiger partial charge in [0.2, 0.25) is 0 Å². The Labute approximate surface area is 226 Å². The number of hydrogen-bond donors (Lipinski definition) is 3. The van der Waals surface area contributed by atoms with Gasteiger partial charge in [0.1, 0.15) is 11.4 Å². The zero-order valence-corrected chi connectivity index (χ0v) is 22.0. The Bertz CT molecular complexity index is 1220. The second-order valence-electron chi connectivity index (χ2n) is 9.31. The Morgan fingerprint density at radius 3 is 2.38 bits per heavy atom. The minimum absolute atomic E-state index is 0.0341. The fourth-order valence-corrected chi connectivity index (χ4v) is 5.11. The fourth-order valence-electron chi connectivity index (χ4n) is 4.79. The number of nitrogens with zero attached hydrogens (tertiary/aromatic N) is 1. The van der Waals surface area contributed by atoms with Crippen molar-refractivity contribution < 1.29 is 22.4 Å². The number of nitrogens with two attached hydrogens (primary N) is 1. The molecule has 1 fully saturated rings. The van der Waals surface area contributed by atoms with Crippen LogP contribution in [0.15, 0.2) is 66.9 Å². The molecule has 1 heterocycles. The summed E-state index contributed by atoms with van der Waals surface area (Å²) >= 11 is 2.06. The van der Waals surface area contributed by atoms with Crippen LogP contribution in [-0.4, -0.2) is 23.1 Å². The van der Waals surface area contributed by atoms with Crippen LogP contribution < -0.4 is 16.4 Å². The first-order valence-electron chi connectivity index (χ1n) is 12.0.